The minimum absolute atomic E-state index is 0.00166. The van der Waals surface area contributed by atoms with Gasteiger partial charge in [0.25, 0.3) is 6.71 Å². The molecule has 6 heteroatoms. The third-order valence-electron chi connectivity index (χ3n) is 16.5. The van der Waals surface area contributed by atoms with Crippen molar-refractivity contribution >= 4 is 127 Å². The lowest BCUT2D eigenvalue weighted by Gasteiger charge is -2.44. The number of benzene rings is 8. The Labute approximate surface area is 467 Å². The fourth-order valence-corrected chi connectivity index (χ4v) is 14.4. The van der Waals surface area contributed by atoms with Crippen LogP contribution in [0.15, 0.2) is 158 Å². The van der Waals surface area contributed by atoms with Gasteiger partial charge in [-0.05, 0) is 163 Å². The first kappa shape index (κ1) is 51.2. The van der Waals surface area contributed by atoms with Gasteiger partial charge < -0.3 is 14.7 Å². The van der Waals surface area contributed by atoms with Crippen molar-refractivity contribution in [2.75, 3.05) is 14.7 Å². The van der Waals surface area contributed by atoms with Gasteiger partial charge in [0.05, 0.1) is 11.4 Å². The van der Waals surface area contributed by atoms with Gasteiger partial charge in [-0.3, -0.25) is 0 Å². The molecule has 0 fully saturated rings. The first-order valence-electron chi connectivity index (χ1n) is 27.8. The normalized spacial score (nSPS) is 13.9. The predicted molar refractivity (Wildman–Crippen MR) is 342 cm³/mol. The Bertz CT molecular complexity index is 3890. The molecule has 0 unspecified atom stereocenters. The molecule has 3 nitrogen and oxygen atoms in total. The first-order valence-corrected chi connectivity index (χ1v) is 29.4. The molecule has 2 aliphatic heterocycles. The van der Waals surface area contributed by atoms with E-state index in [9.17, 15) is 0 Å². The SMILES string of the molecule is Cc1cc2c3c(c1)N(c1cc(N(c4ccc(C(C)(C)C)cc4)c4ccc(C(C)(C)C)cc4)cc4sc5ccccc5c14)c1ccc(C(C)(C)C)cc1B3c1sc3ccc(C(C)(C)C)cc3c1N2c1ccc(C(C)(C)C)cc1. The van der Waals surface area contributed by atoms with Crippen LogP contribution < -0.4 is 30.4 Å². The van der Waals surface area contributed by atoms with Crippen LogP contribution in [0.5, 0.6) is 0 Å². The van der Waals surface area contributed by atoms with Crippen LogP contribution in [0.4, 0.5) is 51.2 Å². The number of thiophene rings is 2. The monoisotopic (exact) mass is 1040 g/mol. The minimum Gasteiger partial charge on any atom is -0.311 e. The second kappa shape index (κ2) is 17.7. The molecule has 4 heterocycles. The van der Waals surface area contributed by atoms with Crippen molar-refractivity contribution in [3.63, 3.8) is 0 Å². The average molecular weight is 1040 g/mol. The van der Waals surface area contributed by atoms with Gasteiger partial charge in [0.1, 0.15) is 0 Å². The van der Waals surface area contributed by atoms with Gasteiger partial charge in [-0.15, -0.1) is 22.7 Å². The molecule has 12 rings (SSSR count). The van der Waals surface area contributed by atoms with Crippen molar-refractivity contribution in [2.24, 2.45) is 0 Å². The van der Waals surface area contributed by atoms with E-state index in [1.807, 2.05) is 22.7 Å². The topological polar surface area (TPSA) is 9.72 Å². The number of aryl methyl sites for hydroxylation is 1. The molecule has 2 aliphatic rings. The number of fused-ring (bicyclic) bond motifs is 9. The summed E-state index contributed by atoms with van der Waals surface area (Å²) in [5, 5.41) is 3.89. The Morgan fingerprint density at radius 2 is 0.883 bits per heavy atom. The lowest BCUT2D eigenvalue weighted by atomic mass is 9.36. The van der Waals surface area contributed by atoms with Crippen LogP contribution in [0.25, 0.3) is 30.3 Å². The van der Waals surface area contributed by atoms with Crippen LogP contribution in [0.3, 0.4) is 0 Å². The van der Waals surface area contributed by atoms with Gasteiger partial charge in [-0.1, -0.05) is 177 Å². The van der Waals surface area contributed by atoms with Crippen molar-refractivity contribution in [3.05, 3.63) is 191 Å². The molecule has 77 heavy (non-hydrogen) atoms. The molecule has 0 N–H and O–H groups in total. The highest BCUT2D eigenvalue weighted by atomic mass is 32.1. The fourth-order valence-electron chi connectivity index (χ4n) is 12.0. The summed E-state index contributed by atoms with van der Waals surface area (Å²) in [5.74, 6) is 0. The summed E-state index contributed by atoms with van der Waals surface area (Å²) in [6.07, 6.45) is 0. The summed E-state index contributed by atoms with van der Waals surface area (Å²) in [7, 11) is 0. The fraction of sp³-hybridized carbons (Fsp3) is 0.296. The highest BCUT2D eigenvalue weighted by Gasteiger charge is 2.46. The Morgan fingerprint density at radius 1 is 0.390 bits per heavy atom. The van der Waals surface area contributed by atoms with E-state index in [1.54, 1.807) is 0 Å². The zero-order chi connectivity index (χ0) is 54.5. The maximum atomic E-state index is 2.68. The molecule has 388 valence electrons. The minimum atomic E-state index is -0.0708. The molecule has 10 aromatic rings. The highest BCUT2D eigenvalue weighted by molar-refractivity contribution is 7.33. The Balaban J connectivity index is 1.18. The summed E-state index contributed by atoms with van der Waals surface area (Å²) in [5.41, 5.74) is 21.4. The lowest BCUT2D eigenvalue weighted by molar-refractivity contribution is 0.590. The first-order chi connectivity index (χ1) is 36.2. The molecular formula is C71H74BN3S2. The second-order valence-electron chi connectivity index (χ2n) is 27.3. The maximum absolute atomic E-state index is 2.68. The maximum Gasteiger partial charge on any atom is 0.264 e. The van der Waals surface area contributed by atoms with Crippen LogP contribution in [0, 0.1) is 6.92 Å². The van der Waals surface area contributed by atoms with Crippen molar-refractivity contribution in [2.45, 2.75) is 138 Å². The van der Waals surface area contributed by atoms with Crippen LogP contribution in [-0.2, 0) is 27.1 Å². The molecule has 0 spiro atoms. The molecule has 0 bridgehead atoms. The molecular weight excluding hydrogens is 970 g/mol. The highest BCUT2D eigenvalue weighted by Crippen LogP contribution is 2.53. The van der Waals surface area contributed by atoms with Crippen LogP contribution in [-0.4, -0.2) is 6.71 Å². The number of hydrogen-bond acceptors (Lipinski definition) is 5. The Morgan fingerprint density at radius 3 is 1.45 bits per heavy atom. The van der Waals surface area contributed by atoms with Crippen LogP contribution >= 0.6 is 22.7 Å². The van der Waals surface area contributed by atoms with E-state index in [1.165, 1.54) is 113 Å². The largest absolute Gasteiger partial charge is 0.311 e. The van der Waals surface area contributed by atoms with Crippen molar-refractivity contribution < 1.29 is 0 Å². The zero-order valence-corrected chi connectivity index (χ0v) is 49.9. The Kier molecular flexibility index (Phi) is 11.8. The summed E-state index contributed by atoms with van der Waals surface area (Å²) >= 11 is 3.89. The lowest BCUT2D eigenvalue weighted by Crippen LogP contribution is -2.60. The van der Waals surface area contributed by atoms with E-state index in [4.69, 9.17) is 0 Å². The van der Waals surface area contributed by atoms with E-state index in [0.717, 1.165) is 17.1 Å². The number of hydrogen-bond donors (Lipinski definition) is 0. The molecule has 0 radical (unpaired) electrons. The van der Waals surface area contributed by atoms with Gasteiger partial charge >= 0.3 is 0 Å². The van der Waals surface area contributed by atoms with E-state index in [2.05, 4.69) is 283 Å². The third-order valence-corrected chi connectivity index (χ3v) is 18.8. The van der Waals surface area contributed by atoms with E-state index < -0.39 is 0 Å². The average Bonchev–Trinajstić information content (AvgIpc) is 4.18. The molecule has 0 saturated heterocycles. The molecule has 2 aromatic heterocycles. The van der Waals surface area contributed by atoms with Crippen molar-refractivity contribution in [1.29, 1.82) is 0 Å². The van der Waals surface area contributed by atoms with E-state index >= 15 is 0 Å². The van der Waals surface area contributed by atoms with E-state index in [0.29, 0.717) is 0 Å². The van der Waals surface area contributed by atoms with Gasteiger partial charge in [-0.25, -0.2) is 0 Å². The molecule has 8 aromatic carbocycles. The van der Waals surface area contributed by atoms with Crippen LogP contribution in [0.2, 0.25) is 0 Å². The Hall–Kier alpha value is -6.60. The van der Waals surface area contributed by atoms with Crippen molar-refractivity contribution in [1.82, 2.24) is 0 Å². The standard InChI is InChI=1S/C71H74BN3S2/c1-43-37-58-64-59(38-43)75(57-41-52(42-62-63(57)53-19-17-18-20-60(53)76-62)73(49-29-21-44(22-30-49)67(2,3)4)50-31-23-45(24-32-50)68(5,6)7)56-35-27-48(71(14,15)16)40-55(56)72(64)66-65(54-39-47(70(11,12)13)28-36-61(54)77-66)74(58)51-33-25-46(26-34-51)69(8,9)10/h17-42H,1-16H3. The van der Waals surface area contributed by atoms with Gasteiger partial charge in [-0.2, -0.15) is 0 Å². The molecule has 0 aliphatic carbocycles. The smallest absolute Gasteiger partial charge is 0.264 e. The third kappa shape index (κ3) is 8.70. The van der Waals surface area contributed by atoms with Gasteiger partial charge in [0.15, 0.2) is 0 Å². The molecule has 0 saturated carbocycles. The summed E-state index contributed by atoms with van der Waals surface area (Å²) in [6.45, 7) is 37.2. The second-order valence-corrected chi connectivity index (χ2v) is 29.4. The summed E-state index contributed by atoms with van der Waals surface area (Å²) in [6, 6.07) is 61.8. The summed E-state index contributed by atoms with van der Waals surface area (Å²) < 4.78 is 5.28. The number of rotatable bonds is 5. The number of anilines is 9. The quantitative estimate of drug-likeness (QED) is 0.159. The summed E-state index contributed by atoms with van der Waals surface area (Å²) in [4.78, 5) is 7.81. The molecule has 0 atom stereocenters. The van der Waals surface area contributed by atoms with E-state index in [-0.39, 0.29) is 33.8 Å². The van der Waals surface area contributed by atoms with Crippen molar-refractivity contribution in [3.8, 4) is 0 Å². The van der Waals surface area contributed by atoms with Gasteiger partial charge in [0.2, 0.25) is 0 Å². The van der Waals surface area contributed by atoms with Crippen LogP contribution in [0.1, 0.15) is 137 Å². The van der Waals surface area contributed by atoms with Gasteiger partial charge in [0, 0.05) is 74.8 Å². The number of nitrogens with zero attached hydrogens (tertiary/aromatic N) is 3. The molecule has 0 amide bonds. The zero-order valence-electron chi connectivity index (χ0n) is 48.2. The predicted octanol–water partition coefficient (Wildman–Crippen LogP) is 19.6.